The minimum Gasteiger partial charge on any atom is -0.756 e. The SMILES string of the molecule is CC/C=C\C/C=C\C/C=C\C/C=C\C/C=C\CCCCCCCCCCCCCCCCCCCCCCCCCCCC(=O)OC(COC(=O)CCCCCCCCCCCCCCCCCCC/C=C\C/C=C\CCCCCCC)COP(=O)([O-])OCC[N+](C)(C)C. The lowest BCUT2D eigenvalue weighted by atomic mass is 10.0. The molecule has 0 aliphatic heterocycles. The van der Waals surface area contributed by atoms with Gasteiger partial charge in [-0.3, -0.25) is 14.2 Å². The number of allylic oxidation sites excluding steroid dienone is 14. The lowest BCUT2D eigenvalue weighted by molar-refractivity contribution is -0.870. The van der Waals surface area contributed by atoms with E-state index in [0.717, 1.165) is 70.6 Å². The molecule has 548 valence electrons. The van der Waals surface area contributed by atoms with Gasteiger partial charge in [-0.25, -0.2) is 0 Å². The molecule has 0 radical (unpaired) electrons. The van der Waals surface area contributed by atoms with Gasteiger partial charge in [-0.1, -0.05) is 369 Å². The molecule has 0 aromatic carbocycles. The smallest absolute Gasteiger partial charge is 0.306 e. The number of quaternary nitrogens is 1. The van der Waals surface area contributed by atoms with Crippen molar-refractivity contribution >= 4 is 19.8 Å². The number of nitrogens with zero attached hydrogens (tertiary/aromatic N) is 1. The maximum Gasteiger partial charge on any atom is 0.306 e. The van der Waals surface area contributed by atoms with Crippen molar-refractivity contribution in [3.8, 4) is 0 Å². The maximum absolute atomic E-state index is 12.9. The Morgan fingerprint density at radius 1 is 0.340 bits per heavy atom. The van der Waals surface area contributed by atoms with E-state index in [0.29, 0.717) is 17.4 Å². The molecule has 0 aliphatic carbocycles. The average molecular weight is 1340 g/mol. The minimum absolute atomic E-state index is 0.0295. The lowest BCUT2D eigenvalue weighted by Gasteiger charge is -2.28. The van der Waals surface area contributed by atoms with Crippen LogP contribution in [0, 0.1) is 0 Å². The molecular weight excluding hydrogens is 1180 g/mol. The number of unbranched alkanes of at least 4 members (excludes halogenated alkanes) is 47. The highest BCUT2D eigenvalue weighted by Gasteiger charge is 2.22. The van der Waals surface area contributed by atoms with Crippen molar-refractivity contribution in [3.63, 3.8) is 0 Å². The number of esters is 2. The molecule has 0 N–H and O–H groups in total. The zero-order chi connectivity index (χ0) is 68.3. The van der Waals surface area contributed by atoms with Crippen LogP contribution in [-0.4, -0.2) is 70.0 Å². The van der Waals surface area contributed by atoms with Crippen LogP contribution in [0.5, 0.6) is 0 Å². The summed E-state index contributed by atoms with van der Waals surface area (Å²) in [5.74, 6) is -0.813. The Morgan fingerprint density at radius 2 is 0.606 bits per heavy atom. The summed E-state index contributed by atoms with van der Waals surface area (Å²) in [6.45, 7) is 4.18. The highest BCUT2D eigenvalue weighted by Crippen LogP contribution is 2.38. The number of carbonyl (C=O) groups excluding carboxylic acids is 2. The van der Waals surface area contributed by atoms with Gasteiger partial charge in [0.1, 0.15) is 19.8 Å². The van der Waals surface area contributed by atoms with Gasteiger partial charge in [0.05, 0.1) is 27.7 Å². The van der Waals surface area contributed by atoms with Crippen LogP contribution in [0.4, 0.5) is 0 Å². The number of phosphoric ester groups is 1. The van der Waals surface area contributed by atoms with Crippen LogP contribution in [0.3, 0.4) is 0 Å². The van der Waals surface area contributed by atoms with Crippen LogP contribution < -0.4 is 4.89 Å². The summed E-state index contributed by atoms with van der Waals surface area (Å²) >= 11 is 0. The lowest BCUT2D eigenvalue weighted by Crippen LogP contribution is -2.37. The van der Waals surface area contributed by atoms with E-state index in [4.69, 9.17) is 18.5 Å². The molecule has 2 atom stereocenters. The van der Waals surface area contributed by atoms with Crippen molar-refractivity contribution in [1.29, 1.82) is 0 Å². The second-order valence-electron chi connectivity index (χ2n) is 28.4. The zero-order valence-electron chi connectivity index (χ0n) is 62.7. The summed E-state index contributed by atoms with van der Waals surface area (Å²) < 4.78 is 34.4. The van der Waals surface area contributed by atoms with Gasteiger partial charge in [-0.15, -0.1) is 0 Å². The van der Waals surface area contributed by atoms with Crippen LogP contribution in [0.2, 0.25) is 0 Å². The van der Waals surface area contributed by atoms with E-state index in [1.165, 1.54) is 283 Å². The molecule has 9 nitrogen and oxygen atoms in total. The molecule has 10 heteroatoms. The predicted octanol–water partition coefficient (Wildman–Crippen LogP) is 26.2. The van der Waals surface area contributed by atoms with Gasteiger partial charge in [0.15, 0.2) is 6.10 Å². The third kappa shape index (κ3) is 78.2. The van der Waals surface area contributed by atoms with Gasteiger partial charge in [0.2, 0.25) is 0 Å². The van der Waals surface area contributed by atoms with Crippen LogP contribution in [-0.2, 0) is 32.7 Å². The number of rotatable bonds is 75. The van der Waals surface area contributed by atoms with Crippen molar-refractivity contribution in [2.75, 3.05) is 47.5 Å². The molecule has 0 amide bonds. The van der Waals surface area contributed by atoms with E-state index < -0.39 is 26.5 Å². The molecule has 0 heterocycles. The molecule has 0 fully saturated rings. The van der Waals surface area contributed by atoms with Gasteiger partial charge in [0, 0.05) is 12.8 Å². The molecule has 0 bridgehead atoms. The number of ether oxygens (including phenoxy) is 2. The number of hydrogen-bond acceptors (Lipinski definition) is 8. The fraction of sp³-hybridized carbons (Fsp3) is 0.810. The van der Waals surface area contributed by atoms with E-state index >= 15 is 0 Å². The second-order valence-corrected chi connectivity index (χ2v) is 29.8. The number of phosphoric acid groups is 1. The molecule has 0 spiro atoms. The van der Waals surface area contributed by atoms with Crippen molar-refractivity contribution < 1.29 is 42.1 Å². The van der Waals surface area contributed by atoms with Crippen molar-refractivity contribution in [2.24, 2.45) is 0 Å². The highest BCUT2D eigenvalue weighted by molar-refractivity contribution is 7.45. The molecular formula is C84H154NO8P. The summed E-state index contributed by atoms with van der Waals surface area (Å²) in [5, 5.41) is 0. The fourth-order valence-electron chi connectivity index (χ4n) is 11.8. The van der Waals surface area contributed by atoms with Crippen LogP contribution >= 0.6 is 7.82 Å². The van der Waals surface area contributed by atoms with Gasteiger partial charge >= 0.3 is 11.9 Å². The first-order valence-electron chi connectivity index (χ1n) is 40.3. The van der Waals surface area contributed by atoms with Gasteiger partial charge < -0.3 is 27.9 Å². The first-order chi connectivity index (χ1) is 46.0. The Kier molecular flexibility index (Phi) is 72.2. The van der Waals surface area contributed by atoms with Crippen molar-refractivity contribution in [3.05, 3.63) is 85.1 Å². The van der Waals surface area contributed by atoms with Crippen LogP contribution in [0.1, 0.15) is 386 Å². The molecule has 0 saturated carbocycles. The summed E-state index contributed by atoms with van der Waals surface area (Å²) in [6.07, 6.45) is 103. The second kappa shape index (κ2) is 74.4. The summed E-state index contributed by atoms with van der Waals surface area (Å²) in [6, 6.07) is 0. The first-order valence-corrected chi connectivity index (χ1v) is 41.8. The summed E-state index contributed by atoms with van der Waals surface area (Å²) in [7, 11) is 1.18. The average Bonchev–Trinajstić information content (AvgIpc) is 1.57. The van der Waals surface area contributed by atoms with E-state index in [-0.39, 0.29) is 32.0 Å². The Balaban J connectivity index is 3.90. The third-order valence-electron chi connectivity index (χ3n) is 17.9. The zero-order valence-corrected chi connectivity index (χ0v) is 63.6. The van der Waals surface area contributed by atoms with E-state index in [9.17, 15) is 19.0 Å². The summed E-state index contributed by atoms with van der Waals surface area (Å²) in [4.78, 5) is 38.2. The minimum atomic E-state index is -4.65. The molecule has 0 aromatic heterocycles. The maximum atomic E-state index is 12.9. The van der Waals surface area contributed by atoms with E-state index in [2.05, 4.69) is 98.9 Å². The molecule has 0 aromatic rings. The Hall–Kier alpha value is -2.81. The molecule has 2 unspecified atom stereocenters. The topological polar surface area (TPSA) is 111 Å². The number of likely N-dealkylation sites (N-methyl/N-ethyl adjacent to an activating group) is 1. The normalized spacial score (nSPS) is 13.5. The van der Waals surface area contributed by atoms with E-state index in [1.54, 1.807) is 0 Å². The van der Waals surface area contributed by atoms with Crippen LogP contribution in [0.15, 0.2) is 85.1 Å². The van der Waals surface area contributed by atoms with Gasteiger partial charge in [-0.05, 0) is 89.9 Å². The fourth-order valence-corrected chi connectivity index (χ4v) is 12.5. The van der Waals surface area contributed by atoms with Gasteiger partial charge in [-0.2, -0.15) is 0 Å². The van der Waals surface area contributed by atoms with Crippen molar-refractivity contribution in [1.82, 2.24) is 0 Å². The molecule has 0 saturated heterocycles. The first kappa shape index (κ1) is 91.2. The molecule has 94 heavy (non-hydrogen) atoms. The van der Waals surface area contributed by atoms with Crippen molar-refractivity contribution in [2.45, 2.75) is 392 Å². The molecule has 0 aliphatic rings. The quantitative estimate of drug-likeness (QED) is 0.0195. The number of hydrogen-bond donors (Lipinski definition) is 0. The third-order valence-corrected chi connectivity index (χ3v) is 18.9. The van der Waals surface area contributed by atoms with E-state index in [1.807, 2.05) is 21.1 Å². The largest absolute Gasteiger partial charge is 0.756 e. The summed E-state index contributed by atoms with van der Waals surface area (Å²) in [5.41, 5.74) is 0. The highest BCUT2D eigenvalue weighted by atomic mass is 31.2. The standard InChI is InChI=1S/C84H154NO8P/c1-6-8-10-12-14-16-18-20-22-24-26-28-30-32-34-36-37-38-39-40-41-42-43-44-45-46-47-49-51-53-55-57-59-61-63-65-67-69-71-73-75-77-84(87)93-82(81-92-94(88,89)91-79-78-85(3,4)5)80-90-83(86)76-74-72-70-68-66-64-62-60-58-56-54-52-50-48-35-33-31-29-27-25-23-21-19-17-15-13-11-9-7-2/h8,10,14,16,19-22,25-28,32,34,82H,6-7,9,11-13,15,17-18,23-24,29-31,33,35-81H2,1-5H3/b10-8-,16-14-,21-19-,22-20-,27-25-,28-26-,34-32-. The monoisotopic (exact) mass is 1340 g/mol. The van der Waals surface area contributed by atoms with Crippen LogP contribution in [0.25, 0.3) is 0 Å². The Bertz CT molecular complexity index is 1860. The Morgan fingerprint density at radius 3 is 0.904 bits per heavy atom. The molecule has 0 rings (SSSR count). The number of carbonyl (C=O) groups is 2. The Labute approximate surface area is 583 Å². The predicted molar refractivity (Wildman–Crippen MR) is 406 cm³/mol. The van der Waals surface area contributed by atoms with Gasteiger partial charge in [0.25, 0.3) is 7.82 Å².